The molecule has 0 saturated carbocycles. The first-order valence-corrected chi connectivity index (χ1v) is 7.09. The third-order valence-electron chi connectivity index (χ3n) is 3.39. The molecule has 0 spiro atoms. The Morgan fingerprint density at radius 3 is 3.11 bits per heavy atom. The van der Waals surface area contributed by atoms with Crippen molar-refractivity contribution in [2.75, 3.05) is 37.8 Å². The van der Waals surface area contributed by atoms with Gasteiger partial charge in [0.25, 0.3) is 0 Å². The van der Waals surface area contributed by atoms with Gasteiger partial charge in [0, 0.05) is 29.4 Å². The van der Waals surface area contributed by atoms with Gasteiger partial charge in [-0.2, -0.15) is 0 Å². The minimum absolute atomic E-state index is 0.00703. The topological polar surface area (TPSA) is 44.7 Å². The summed E-state index contributed by atoms with van der Waals surface area (Å²) >= 11 is 6.31. The van der Waals surface area contributed by atoms with Gasteiger partial charge in [-0.25, -0.2) is 0 Å². The van der Waals surface area contributed by atoms with E-state index in [-0.39, 0.29) is 12.6 Å². The maximum absolute atomic E-state index is 9.49. The molecule has 1 heterocycles. The number of nitrogens with one attached hydrogen (secondary N) is 1. The first kappa shape index (κ1) is 14.6. The van der Waals surface area contributed by atoms with Crippen molar-refractivity contribution in [1.82, 2.24) is 5.32 Å². The number of aliphatic hydroxyl groups is 1. The lowest BCUT2D eigenvalue weighted by molar-refractivity contribution is 0.0726. The fourth-order valence-electron chi connectivity index (χ4n) is 2.36. The number of ether oxygens (including phenoxy) is 1. The summed E-state index contributed by atoms with van der Waals surface area (Å²) in [6.07, 6.45) is 0. The Hall–Kier alpha value is -0.810. The molecule has 4 nitrogen and oxygen atoms in total. The lowest BCUT2D eigenvalue weighted by Gasteiger charge is -2.37. The highest BCUT2D eigenvalue weighted by Gasteiger charge is 2.24. The average molecular weight is 285 g/mol. The highest BCUT2D eigenvalue weighted by Crippen LogP contribution is 2.29. The molecule has 1 fully saturated rings. The molecule has 0 bridgehead atoms. The number of rotatable bonds is 5. The molecule has 1 saturated heterocycles. The molecule has 1 aliphatic heterocycles. The van der Waals surface area contributed by atoms with Crippen LogP contribution in [0.3, 0.4) is 0 Å². The Kier molecular flexibility index (Phi) is 5.45. The molecule has 2 rings (SSSR count). The van der Waals surface area contributed by atoms with Crippen LogP contribution in [-0.4, -0.2) is 44.1 Å². The van der Waals surface area contributed by atoms with Crippen molar-refractivity contribution >= 4 is 17.3 Å². The largest absolute Gasteiger partial charge is 0.394 e. The van der Waals surface area contributed by atoms with Gasteiger partial charge in [0.15, 0.2) is 0 Å². The third-order valence-corrected chi connectivity index (χ3v) is 3.75. The zero-order valence-corrected chi connectivity index (χ0v) is 12.0. The minimum atomic E-state index is 0.00703. The summed E-state index contributed by atoms with van der Waals surface area (Å²) in [6, 6.07) is 5.93. The monoisotopic (exact) mass is 284 g/mol. The van der Waals surface area contributed by atoms with E-state index in [2.05, 4.69) is 23.2 Å². The van der Waals surface area contributed by atoms with E-state index in [0.29, 0.717) is 13.2 Å². The summed E-state index contributed by atoms with van der Waals surface area (Å²) in [5.74, 6) is 0. The maximum atomic E-state index is 9.49. The Balaban J connectivity index is 2.28. The van der Waals surface area contributed by atoms with Crippen LogP contribution in [-0.2, 0) is 11.3 Å². The number of aliphatic hydroxyl groups excluding tert-OH is 1. The second kappa shape index (κ2) is 7.10. The molecular formula is C14H21ClN2O2. The van der Waals surface area contributed by atoms with Gasteiger partial charge in [-0.05, 0) is 18.7 Å². The van der Waals surface area contributed by atoms with Crippen LogP contribution >= 0.6 is 11.6 Å². The Morgan fingerprint density at radius 2 is 2.37 bits per heavy atom. The van der Waals surface area contributed by atoms with Crippen molar-refractivity contribution in [3.63, 3.8) is 0 Å². The Bertz CT molecular complexity index is 414. The van der Waals surface area contributed by atoms with Gasteiger partial charge in [-0.1, -0.05) is 24.6 Å². The molecule has 0 radical (unpaired) electrons. The molecule has 1 aromatic rings. The first-order chi connectivity index (χ1) is 9.27. The standard InChI is InChI=1S/C14H21ClN2O2/c1-2-16-8-12-13(15)4-3-5-14(12)17-6-7-19-10-11(17)9-18/h3-5,11,16,18H,2,6-10H2,1H3. The maximum Gasteiger partial charge on any atom is 0.0755 e. The van der Waals surface area contributed by atoms with Gasteiger partial charge in [-0.15, -0.1) is 0 Å². The number of benzene rings is 1. The smallest absolute Gasteiger partial charge is 0.0755 e. The summed E-state index contributed by atoms with van der Waals surface area (Å²) in [5, 5.41) is 13.6. The molecule has 0 aliphatic carbocycles. The first-order valence-electron chi connectivity index (χ1n) is 6.71. The molecule has 1 aliphatic rings. The summed E-state index contributed by atoms with van der Waals surface area (Å²) in [6.45, 7) is 5.82. The van der Waals surface area contributed by atoms with Crippen LogP contribution in [0.4, 0.5) is 5.69 Å². The summed E-state index contributed by atoms with van der Waals surface area (Å²) < 4.78 is 5.43. The van der Waals surface area contributed by atoms with Crippen LogP contribution in [0.15, 0.2) is 18.2 Å². The van der Waals surface area contributed by atoms with Crippen LogP contribution in [0.1, 0.15) is 12.5 Å². The van der Waals surface area contributed by atoms with E-state index < -0.39 is 0 Å². The highest BCUT2D eigenvalue weighted by atomic mass is 35.5. The molecule has 2 N–H and O–H groups in total. The van der Waals surface area contributed by atoms with Crippen molar-refractivity contribution in [2.24, 2.45) is 0 Å². The predicted molar refractivity (Wildman–Crippen MR) is 77.9 cm³/mol. The van der Waals surface area contributed by atoms with Crippen molar-refractivity contribution in [2.45, 2.75) is 19.5 Å². The van der Waals surface area contributed by atoms with Crippen molar-refractivity contribution < 1.29 is 9.84 Å². The molecule has 0 aromatic heterocycles. The van der Waals surface area contributed by atoms with Crippen molar-refractivity contribution in [1.29, 1.82) is 0 Å². The lowest BCUT2D eigenvalue weighted by atomic mass is 10.1. The molecule has 1 aromatic carbocycles. The van der Waals surface area contributed by atoms with Crippen LogP contribution in [0.5, 0.6) is 0 Å². The van der Waals surface area contributed by atoms with Crippen molar-refractivity contribution in [3.8, 4) is 0 Å². The summed E-state index contributed by atoms with van der Waals surface area (Å²) in [7, 11) is 0. The third kappa shape index (κ3) is 3.39. The number of hydrogen-bond donors (Lipinski definition) is 2. The molecule has 19 heavy (non-hydrogen) atoms. The Labute approximate surface area is 119 Å². The molecular weight excluding hydrogens is 264 g/mol. The Morgan fingerprint density at radius 1 is 1.53 bits per heavy atom. The zero-order valence-electron chi connectivity index (χ0n) is 11.2. The highest BCUT2D eigenvalue weighted by molar-refractivity contribution is 6.31. The number of halogens is 1. The number of morpholine rings is 1. The van der Waals surface area contributed by atoms with Crippen LogP contribution < -0.4 is 10.2 Å². The van der Waals surface area contributed by atoms with E-state index in [1.807, 2.05) is 12.1 Å². The van der Waals surface area contributed by atoms with E-state index in [1.165, 1.54) is 0 Å². The van der Waals surface area contributed by atoms with E-state index in [0.717, 1.165) is 35.9 Å². The summed E-state index contributed by atoms with van der Waals surface area (Å²) in [5.41, 5.74) is 2.18. The van der Waals surface area contributed by atoms with Crippen molar-refractivity contribution in [3.05, 3.63) is 28.8 Å². The quantitative estimate of drug-likeness (QED) is 0.863. The van der Waals surface area contributed by atoms with Crippen LogP contribution in [0.2, 0.25) is 5.02 Å². The van der Waals surface area contributed by atoms with Gasteiger partial charge in [0.05, 0.1) is 25.9 Å². The molecule has 0 amide bonds. The van der Waals surface area contributed by atoms with E-state index in [1.54, 1.807) is 0 Å². The lowest BCUT2D eigenvalue weighted by Crippen LogP contribution is -2.48. The van der Waals surface area contributed by atoms with E-state index in [9.17, 15) is 5.11 Å². The summed E-state index contributed by atoms with van der Waals surface area (Å²) in [4.78, 5) is 2.20. The molecule has 1 unspecified atom stereocenters. The second-order valence-electron chi connectivity index (χ2n) is 4.62. The van der Waals surface area contributed by atoms with Gasteiger partial charge < -0.3 is 20.1 Å². The molecule has 1 atom stereocenters. The van der Waals surface area contributed by atoms with E-state index >= 15 is 0 Å². The molecule has 5 heteroatoms. The SMILES string of the molecule is CCNCc1c(Cl)cccc1N1CCOCC1CO. The fraction of sp³-hybridized carbons (Fsp3) is 0.571. The van der Waals surface area contributed by atoms with Gasteiger partial charge >= 0.3 is 0 Å². The number of hydrogen-bond acceptors (Lipinski definition) is 4. The predicted octanol–water partition coefficient (Wildman–Crippen LogP) is 1.65. The van der Waals surface area contributed by atoms with Gasteiger partial charge in [-0.3, -0.25) is 0 Å². The van der Waals surface area contributed by atoms with E-state index in [4.69, 9.17) is 16.3 Å². The van der Waals surface area contributed by atoms with Crippen LogP contribution in [0.25, 0.3) is 0 Å². The van der Waals surface area contributed by atoms with Gasteiger partial charge in [0.1, 0.15) is 0 Å². The average Bonchev–Trinajstić information content (AvgIpc) is 2.46. The number of anilines is 1. The minimum Gasteiger partial charge on any atom is -0.394 e. The second-order valence-corrected chi connectivity index (χ2v) is 5.03. The number of nitrogens with zero attached hydrogens (tertiary/aromatic N) is 1. The van der Waals surface area contributed by atoms with Crippen LogP contribution in [0, 0.1) is 0 Å². The molecule has 106 valence electrons. The fourth-order valence-corrected chi connectivity index (χ4v) is 2.60. The normalized spacial score (nSPS) is 19.7. The van der Waals surface area contributed by atoms with Gasteiger partial charge in [0.2, 0.25) is 0 Å². The zero-order chi connectivity index (χ0) is 13.7.